The predicted octanol–water partition coefficient (Wildman–Crippen LogP) is 0.592. The van der Waals surface area contributed by atoms with E-state index in [-0.39, 0.29) is 0 Å². The molecule has 0 nitrogen and oxygen atoms in total. The normalized spacial score (nSPS) is 25.8. The number of hydrogen-bond donors (Lipinski definition) is 0. The van der Waals surface area contributed by atoms with Gasteiger partial charge in [-0.15, -0.1) is 0 Å². The molecule has 0 heterocycles. The van der Waals surface area contributed by atoms with Gasteiger partial charge in [0.2, 0.25) is 0 Å². The van der Waals surface area contributed by atoms with Crippen LogP contribution in [0.5, 0.6) is 0 Å². The Morgan fingerprint density at radius 1 is 1.40 bits per heavy atom. The molecule has 0 aromatic carbocycles. The van der Waals surface area contributed by atoms with Crippen molar-refractivity contribution >= 4 is 23.0 Å². The first-order valence-corrected chi connectivity index (χ1v) is 4.05. The second kappa shape index (κ2) is 1.51. The zero-order valence-corrected chi connectivity index (χ0v) is 6.57. The molecule has 1 aliphatic carbocycles. The molecule has 0 aliphatic heterocycles. The molecular formula is C4H9Sb. The van der Waals surface area contributed by atoms with Crippen molar-refractivity contribution in [1.29, 1.82) is 0 Å². The molecule has 0 amide bonds. The quantitative estimate of drug-likeness (QED) is 0.477. The fourth-order valence-electron chi connectivity index (χ4n) is 0.440. The average Bonchev–Trinajstić information content (AvgIpc) is 1.30. The van der Waals surface area contributed by atoms with Crippen LogP contribution in [0.3, 0.4) is 0 Å². The van der Waals surface area contributed by atoms with Crippen molar-refractivity contribution in [2.75, 3.05) is 0 Å². The summed E-state index contributed by atoms with van der Waals surface area (Å²) < 4.78 is 1.19. The molecule has 0 spiro atoms. The first kappa shape index (κ1) is 3.99. The minimum absolute atomic E-state index is 1.19. The van der Waals surface area contributed by atoms with Crippen LogP contribution < -0.4 is 0 Å². The second-order valence-electron chi connectivity index (χ2n) is 1.69. The average molecular weight is 179 g/mol. The molecule has 0 saturated heterocycles. The Kier molecular flexibility index (Phi) is 1.21. The molecule has 0 unspecified atom stereocenters. The Balaban J connectivity index is 2.08. The van der Waals surface area contributed by atoms with Crippen molar-refractivity contribution in [1.82, 2.24) is 0 Å². The molecule has 1 heteroatoms. The van der Waals surface area contributed by atoms with E-state index in [2.05, 4.69) is 0 Å². The van der Waals surface area contributed by atoms with Crippen molar-refractivity contribution in [3.8, 4) is 0 Å². The monoisotopic (exact) mass is 178 g/mol. The van der Waals surface area contributed by atoms with Crippen molar-refractivity contribution in [3.63, 3.8) is 0 Å². The topological polar surface area (TPSA) is 0 Å². The van der Waals surface area contributed by atoms with Gasteiger partial charge in [-0.1, -0.05) is 0 Å². The Labute approximate surface area is 46.4 Å². The third-order valence-electron chi connectivity index (χ3n) is 1.15. The zero-order chi connectivity index (χ0) is 3.70. The fourth-order valence-corrected chi connectivity index (χ4v) is 1.79. The third kappa shape index (κ3) is 0.823. The summed E-state index contributed by atoms with van der Waals surface area (Å²) in [6.45, 7) is 0. The Hall–Kier alpha value is 0.818. The molecular weight excluding hydrogens is 170 g/mol. The zero-order valence-electron chi connectivity index (χ0n) is 3.28. The third-order valence-corrected chi connectivity index (χ3v) is 3.05. The summed E-state index contributed by atoms with van der Waals surface area (Å²) in [4.78, 5) is 0. The maximum atomic E-state index is 1.54. The number of hydrogen-bond acceptors (Lipinski definition) is 0. The Bertz CT molecular complexity index is 30.6. The van der Waals surface area contributed by atoms with E-state index in [0.29, 0.717) is 0 Å². The molecule has 30 valence electrons. The van der Waals surface area contributed by atoms with E-state index in [4.69, 9.17) is 0 Å². The summed E-state index contributed by atoms with van der Waals surface area (Å²) in [6, 6.07) is 0. The van der Waals surface area contributed by atoms with Crippen molar-refractivity contribution in [2.45, 2.75) is 23.1 Å². The number of rotatable bonds is 0. The summed E-state index contributed by atoms with van der Waals surface area (Å²) in [5.74, 6) is 0. The van der Waals surface area contributed by atoms with E-state index >= 15 is 0 Å². The molecule has 1 aliphatic rings. The minimum atomic E-state index is 1.19. The van der Waals surface area contributed by atoms with Crippen molar-refractivity contribution in [3.05, 3.63) is 0 Å². The van der Waals surface area contributed by atoms with Crippen LogP contribution in [-0.2, 0) is 0 Å². The summed E-state index contributed by atoms with van der Waals surface area (Å²) in [6.07, 6.45) is 4.61. The van der Waals surface area contributed by atoms with Crippen LogP contribution in [0, 0.1) is 0 Å². The molecule has 0 atom stereocenters. The first-order chi connectivity index (χ1) is 2.39. The maximum absolute atomic E-state index is 1.54. The molecule has 1 saturated carbocycles. The van der Waals surface area contributed by atoms with E-state index in [1.807, 2.05) is 0 Å². The Morgan fingerprint density at radius 3 is 1.80 bits per heavy atom. The van der Waals surface area contributed by atoms with Gasteiger partial charge in [0.15, 0.2) is 0 Å². The molecule has 1 fully saturated rings. The van der Waals surface area contributed by atoms with Crippen molar-refractivity contribution < 1.29 is 0 Å². The van der Waals surface area contributed by atoms with Crippen molar-refractivity contribution in [2.24, 2.45) is 0 Å². The Morgan fingerprint density at radius 2 is 1.80 bits per heavy atom. The SMILES string of the molecule is [SbH2][CH]1CCC1. The standard InChI is InChI=1S/C4H7.Sb.2H/c1-2-4-3-1;;;/h1H,2-4H2;;;. The van der Waals surface area contributed by atoms with E-state index in [1.54, 1.807) is 12.8 Å². The van der Waals surface area contributed by atoms with Gasteiger partial charge in [-0.05, 0) is 0 Å². The molecule has 5 heavy (non-hydrogen) atoms. The van der Waals surface area contributed by atoms with Crippen LogP contribution in [0.15, 0.2) is 0 Å². The van der Waals surface area contributed by atoms with Gasteiger partial charge >= 0.3 is 46.1 Å². The van der Waals surface area contributed by atoms with Gasteiger partial charge in [0.05, 0.1) is 0 Å². The predicted molar refractivity (Wildman–Crippen MR) is 26.1 cm³/mol. The summed E-state index contributed by atoms with van der Waals surface area (Å²) in [5.41, 5.74) is 0. The molecule has 1 rings (SSSR count). The van der Waals surface area contributed by atoms with Gasteiger partial charge in [-0.2, -0.15) is 0 Å². The first-order valence-electron chi connectivity index (χ1n) is 2.15. The molecule has 0 radical (unpaired) electrons. The van der Waals surface area contributed by atoms with E-state index < -0.39 is 0 Å². The van der Waals surface area contributed by atoms with Crippen LogP contribution in [0.25, 0.3) is 0 Å². The van der Waals surface area contributed by atoms with Crippen LogP contribution in [0.1, 0.15) is 19.3 Å². The van der Waals surface area contributed by atoms with Crippen LogP contribution in [0.4, 0.5) is 0 Å². The van der Waals surface area contributed by atoms with Gasteiger partial charge in [-0.3, -0.25) is 0 Å². The van der Waals surface area contributed by atoms with E-state index in [1.165, 1.54) is 33.3 Å². The fraction of sp³-hybridized carbons (Fsp3) is 1.00. The van der Waals surface area contributed by atoms with Gasteiger partial charge < -0.3 is 0 Å². The summed E-state index contributed by atoms with van der Waals surface area (Å²) >= 11 is 1.51. The molecule has 0 aromatic heterocycles. The van der Waals surface area contributed by atoms with Crippen LogP contribution in [-0.4, -0.2) is 23.0 Å². The van der Waals surface area contributed by atoms with E-state index in [9.17, 15) is 0 Å². The second-order valence-corrected chi connectivity index (χ2v) is 4.38. The summed E-state index contributed by atoms with van der Waals surface area (Å²) in [5, 5.41) is 0. The van der Waals surface area contributed by atoms with E-state index in [0.717, 1.165) is 0 Å². The molecule has 0 aromatic rings. The van der Waals surface area contributed by atoms with Gasteiger partial charge in [-0.25, -0.2) is 0 Å². The summed E-state index contributed by atoms with van der Waals surface area (Å²) in [7, 11) is 0. The molecule has 0 bridgehead atoms. The molecule has 0 N–H and O–H groups in total. The van der Waals surface area contributed by atoms with Gasteiger partial charge in [0, 0.05) is 0 Å². The van der Waals surface area contributed by atoms with Gasteiger partial charge in [0.1, 0.15) is 0 Å². The van der Waals surface area contributed by atoms with Crippen LogP contribution in [0.2, 0.25) is 3.86 Å². The van der Waals surface area contributed by atoms with Crippen LogP contribution >= 0.6 is 0 Å². The van der Waals surface area contributed by atoms with Gasteiger partial charge in [0.25, 0.3) is 0 Å².